The third kappa shape index (κ3) is 3.79. The van der Waals surface area contributed by atoms with Crippen LogP contribution in [0.5, 0.6) is 17.2 Å². The van der Waals surface area contributed by atoms with E-state index in [-0.39, 0.29) is 12.7 Å². The summed E-state index contributed by atoms with van der Waals surface area (Å²) < 4.78 is 15.9. The Bertz CT molecular complexity index is 1020. The van der Waals surface area contributed by atoms with Gasteiger partial charge in [-0.1, -0.05) is 11.6 Å². The number of fused-ring (bicyclic) bond motifs is 1. The molecule has 1 aromatic heterocycles. The quantitative estimate of drug-likeness (QED) is 0.661. The molecule has 4 rings (SSSR count). The molecule has 0 spiro atoms. The van der Waals surface area contributed by atoms with E-state index in [1.165, 1.54) is 6.20 Å². The smallest absolute Gasteiger partial charge is 0.257 e. The van der Waals surface area contributed by atoms with Crippen LogP contribution in [0.25, 0.3) is 0 Å². The topological polar surface area (TPSA) is 81.7 Å². The van der Waals surface area contributed by atoms with E-state index in [9.17, 15) is 4.79 Å². The lowest BCUT2D eigenvalue weighted by molar-refractivity contribution is 0.102. The SMILES string of the molecule is COc1ccc(Cl)cc1Nc1ccc(C(=O)Nc2ccc3c(c2)OCO3)cn1. The molecule has 0 bridgehead atoms. The van der Waals surface area contributed by atoms with Gasteiger partial charge in [-0.3, -0.25) is 4.79 Å². The molecule has 0 aliphatic carbocycles. The Hall–Kier alpha value is -3.45. The highest BCUT2D eigenvalue weighted by atomic mass is 35.5. The zero-order valence-electron chi connectivity index (χ0n) is 14.9. The lowest BCUT2D eigenvalue weighted by Crippen LogP contribution is -2.12. The molecule has 0 saturated carbocycles. The van der Waals surface area contributed by atoms with E-state index in [0.717, 1.165) is 0 Å². The molecule has 8 heteroatoms. The molecule has 2 heterocycles. The van der Waals surface area contributed by atoms with Crippen molar-refractivity contribution in [2.75, 3.05) is 24.5 Å². The van der Waals surface area contributed by atoms with Crippen LogP contribution in [-0.4, -0.2) is 24.8 Å². The van der Waals surface area contributed by atoms with Gasteiger partial charge >= 0.3 is 0 Å². The normalized spacial score (nSPS) is 11.8. The van der Waals surface area contributed by atoms with Gasteiger partial charge in [0.1, 0.15) is 11.6 Å². The minimum absolute atomic E-state index is 0.183. The van der Waals surface area contributed by atoms with Crippen molar-refractivity contribution in [2.45, 2.75) is 0 Å². The molecule has 7 nitrogen and oxygen atoms in total. The van der Waals surface area contributed by atoms with Gasteiger partial charge in [0, 0.05) is 23.0 Å². The first-order valence-electron chi connectivity index (χ1n) is 8.40. The zero-order valence-corrected chi connectivity index (χ0v) is 15.6. The summed E-state index contributed by atoms with van der Waals surface area (Å²) in [6.45, 7) is 0.183. The fourth-order valence-electron chi connectivity index (χ4n) is 2.70. The van der Waals surface area contributed by atoms with Crippen LogP contribution in [-0.2, 0) is 0 Å². The van der Waals surface area contributed by atoms with Crippen LogP contribution in [0.1, 0.15) is 10.4 Å². The summed E-state index contributed by atoms with van der Waals surface area (Å²) >= 11 is 6.03. The highest BCUT2D eigenvalue weighted by molar-refractivity contribution is 6.31. The zero-order chi connectivity index (χ0) is 19.5. The predicted octanol–water partition coefficient (Wildman–Crippen LogP) is 4.47. The molecule has 0 radical (unpaired) electrons. The molecule has 142 valence electrons. The number of halogens is 1. The molecular weight excluding hydrogens is 382 g/mol. The van der Waals surface area contributed by atoms with Crippen molar-refractivity contribution in [3.63, 3.8) is 0 Å². The highest BCUT2D eigenvalue weighted by Gasteiger charge is 2.15. The number of hydrogen-bond acceptors (Lipinski definition) is 6. The number of nitrogens with zero attached hydrogens (tertiary/aromatic N) is 1. The second-order valence-electron chi connectivity index (χ2n) is 5.92. The Labute approximate surface area is 166 Å². The van der Waals surface area contributed by atoms with Gasteiger partial charge in [-0.2, -0.15) is 0 Å². The number of nitrogens with one attached hydrogen (secondary N) is 2. The van der Waals surface area contributed by atoms with Crippen LogP contribution in [0, 0.1) is 0 Å². The Kier molecular flexibility index (Phi) is 4.90. The molecule has 28 heavy (non-hydrogen) atoms. The third-order valence-corrected chi connectivity index (χ3v) is 4.32. The van der Waals surface area contributed by atoms with Crippen molar-refractivity contribution in [2.24, 2.45) is 0 Å². The van der Waals surface area contributed by atoms with E-state index in [0.29, 0.717) is 45.0 Å². The fraction of sp³-hybridized carbons (Fsp3) is 0.100. The number of carbonyl (C=O) groups excluding carboxylic acids is 1. The average Bonchev–Trinajstić information content (AvgIpc) is 3.16. The number of benzene rings is 2. The molecule has 0 unspecified atom stereocenters. The Morgan fingerprint density at radius 1 is 1.11 bits per heavy atom. The molecule has 1 amide bonds. The van der Waals surface area contributed by atoms with Gasteiger partial charge < -0.3 is 24.8 Å². The van der Waals surface area contributed by atoms with Crippen LogP contribution in [0.3, 0.4) is 0 Å². The highest BCUT2D eigenvalue weighted by Crippen LogP contribution is 2.34. The van der Waals surface area contributed by atoms with E-state index in [1.54, 1.807) is 55.6 Å². The largest absolute Gasteiger partial charge is 0.495 e. The Morgan fingerprint density at radius 3 is 2.75 bits per heavy atom. The number of ether oxygens (including phenoxy) is 3. The van der Waals surface area contributed by atoms with Gasteiger partial charge in [0.15, 0.2) is 11.5 Å². The van der Waals surface area contributed by atoms with Gasteiger partial charge in [0.2, 0.25) is 6.79 Å². The first kappa shape index (κ1) is 17.9. The van der Waals surface area contributed by atoms with Gasteiger partial charge in [0.25, 0.3) is 5.91 Å². The molecule has 1 aliphatic heterocycles. The number of pyridine rings is 1. The molecule has 0 atom stereocenters. The first-order valence-corrected chi connectivity index (χ1v) is 8.78. The molecule has 1 aliphatic rings. The monoisotopic (exact) mass is 397 g/mol. The minimum Gasteiger partial charge on any atom is -0.495 e. The maximum absolute atomic E-state index is 12.4. The van der Waals surface area contributed by atoms with Crippen molar-refractivity contribution >= 4 is 34.7 Å². The van der Waals surface area contributed by atoms with E-state index < -0.39 is 0 Å². The Morgan fingerprint density at radius 2 is 1.96 bits per heavy atom. The van der Waals surface area contributed by atoms with Crippen LogP contribution >= 0.6 is 11.6 Å². The first-order chi connectivity index (χ1) is 13.6. The lowest BCUT2D eigenvalue weighted by atomic mass is 10.2. The molecule has 0 fully saturated rings. The number of methoxy groups -OCH3 is 1. The number of aromatic nitrogens is 1. The van der Waals surface area contributed by atoms with Crippen LogP contribution in [0.2, 0.25) is 5.02 Å². The predicted molar refractivity (Wildman–Crippen MR) is 106 cm³/mol. The van der Waals surface area contributed by atoms with Gasteiger partial charge in [0.05, 0.1) is 18.4 Å². The molecular formula is C20H16ClN3O4. The molecule has 3 aromatic rings. The summed E-state index contributed by atoms with van der Waals surface area (Å²) in [7, 11) is 1.57. The van der Waals surface area contributed by atoms with Gasteiger partial charge in [-0.25, -0.2) is 4.98 Å². The van der Waals surface area contributed by atoms with E-state index in [4.69, 9.17) is 25.8 Å². The molecule has 0 saturated heterocycles. The average molecular weight is 398 g/mol. The second-order valence-corrected chi connectivity index (χ2v) is 6.36. The third-order valence-electron chi connectivity index (χ3n) is 4.08. The summed E-state index contributed by atoms with van der Waals surface area (Å²) in [6.07, 6.45) is 1.49. The van der Waals surface area contributed by atoms with Crippen LogP contribution < -0.4 is 24.8 Å². The van der Waals surface area contributed by atoms with E-state index in [2.05, 4.69) is 15.6 Å². The van der Waals surface area contributed by atoms with Crippen LogP contribution in [0.4, 0.5) is 17.2 Å². The fourth-order valence-corrected chi connectivity index (χ4v) is 2.87. The molecule has 2 N–H and O–H groups in total. The Balaban J connectivity index is 1.46. The maximum atomic E-state index is 12.4. The standard InChI is InChI=1S/C20H16ClN3O4/c1-26-16-5-3-13(21)8-15(16)24-19-7-2-12(10-22-19)20(25)23-14-4-6-17-18(9-14)28-11-27-17/h2-10H,11H2,1H3,(H,22,24)(H,23,25). The van der Waals surface area contributed by atoms with E-state index >= 15 is 0 Å². The van der Waals surface area contributed by atoms with Crippen molar-refractivity contribution in [3.8, 4) is 17.2 Å². The number of amides is 1. The number of anilines is 3. The minimum atomic E-state index is -0.279. The van der Waals surface area contributed by atoms with Crippen molar-refractivity contribution in [1.29, 1.82) is 0 Å². The number of carbonyl (C=O) groups is 1. The summed E-state index contributed by atoms with van der Waals surface area (Å²) in [5, 5.41) is 6.51. The van der Waals surface area contributed by atoms with Gasteiger partial charge in [-0.05, 0) is 42.5 Å². The summed E-state index contributed by atoms with van der Waals surface area (Å²) in [4.78, 5) is 16.7. The van der Waals surface area contributed by atoms with E-state index in [1.807, 2.05) is 0 Å². The van der Waals surface area contributed by atoms with Crippen molar-refractivity contribution in [1.82, 2.24) is 4.98 Å². The maximum Gasteiger partial charge on any atom is 0.257 e. The number of hydrogen-bond donors (Lipinski definition) is 2. The summed E-state index contributed by atoms with van der Waals surface area (Å²) in [5.74, 6) is 2.17. The number of rotatable bonds is 5. The summed E-state index contributed by atoms with van der Waals surface area (Å²) in [5.41, 5.74) is 1.71. The van der Waals surface area contributed by atoms with Gasteiger partial charge in [-0.15, -0.1) is 0 Å². The lowest BCUT2D eigenvalue weighted by Gasteiger charge is -2.11. The van der Waals surface area contributed by atoms with Crippen LogP contribution in [0.15, 0.2) is 54.7 Å². The van der Waals surface area contributed by atoms with Crippen molar-refractivity contribution in [3.05, 3.63) is 65.3 Å². The summed E-state index contributed by atoms with van der Waals surface area (Å²) in [6, 6.07) is 13.8. The second kappa shape index (κ2) is 7.66. The van der Waals surface area contributed by atoms with Crippen molar-refractivity contribution < 1.29 is 19.0 Å². The molecule has 2 aromatic carbocycles.